The summed E-state index contributed by atoms with van der Waals surface area (Å²) in [5, 5.41) is 3.16. The number of hydrogen-bond acceptors (Lipinski definition) is 2. The van der Waals surface area contributed by atoms with E-state index in [1.807, 2.05) is 45.0 Å². The van der Waals surface area contributed by atoms with Gasteiger partial charge >= 0.3 is 0 Å². The molecule has 0 radical (unpaired) electrons. The van der Waals surface area contributed by atoms with Crippen molar-refractivity contribution in [3.63, 3.8) is 0 Å². The van der Waals surface area contributed by atoms with Crippen LogP contribution in [-0.4, -0.2) is 13.0 Å². The van der Waals surface area contributed by atoms with Gasteiger partial charge in [-0.25, -0.2) is 0 Å². The number of methoxy groups -OCH3 is 1. The van der Waals surface area contributed by atoms with Gasteiger partial charge in [0.15, 0.2) is 0 Å². The molecule has 1 atom stereocenters. The summed E-state index contributed by atoms with van der Waals surface area (Å²) in [5.41, 5.74) is 0.749. The Kier molecular flexibility index (Phi) is 5.61. The molecule has 3 heteroatoms. The monoisotopic (exact) mass is 277 g/mol. The predicted octanol–water partition coefficient (Wildman–Crippen LogP) is 3.94. The lowest BCUT2D eigenvalue weighted by molar-refractivity contribution is -0.129. The van der Waals surface area contributed by atoms with E-state index in [0.29, 0.717) is 5.92 Å². The van der Waals surface area contributed by atoms with Crippen LogP contribution >= 0.6 is 0 Å². The van der Waals surface area contributed by atoms with Crippen LogP contribution < -0.4 is 10.1 Å². The van der Waals surface area contributed by atoms with E-state index in [4.69, 9.17) is 4.74 Å². The summed E-state index contributed by atoms with van der Waals surface area (Å²) in [6.45, 7) is 10.1. The molecule has 1 aromatic carbocycles. The number of ether oxygens (including phenoxy) is 1. The fourth-order valence-electron chi connectivity index (χ4n) is 1.96. The maximum Gasteiger partial charge on any atom is 0.225 e. The van der Waals surface area contributed by atoms with Crippen LogP contribution in [-0.2, 0) is 4.79 Å². The second kappa shape index (κ2) is 6.78. The number of hydrogen-bond donors (Lipinski definition) is 1. The molecule has 1 rings (SSSR count). The molecule has 3 nitrogen and oxygen atoms in total. The van der Waals surface area contributed by atoms with Crippen LogP contribution in [0.5, 0.6) is 5.75 Å². The minimum atomic E-state index is -0.373. The highest BCUT2D eigenvalue weighted by Crippen LogP contribution is 2.25. The molecule has 0 aliphatic carbocycles. The zero-order valence-corrected chi connectivity index (χ0v) is 13.5. The molecule has 0 spiro atoms. The predicted molar refractivity (Wildman–Crippen MR) is 82.8 cm³/mol. The second-order valence-electron chi connectivity index (χ2n) is 6.68. The van der Waals surface area contributed by atoms with Crippen LogP contribution in [0.15, 0.2) is 24.3 Å². The van der Waals surface area contributed by atoms with E-state index in [1.165, 1.54) is 0 Å². The highest BCUT2D eigenvalue weighted by atomic mass is 16.5. The topological polar surface area (TPSA) is 38.3 Å². The maximum atomic E-state index is 12.2. The Labute approximate surface area is 122 Å². The van der Waals surface area contributed by atoms with Crippen molar-refractivity contribution in [2.75, 3.05) is 7.11 Å². The van der Waals surface area contributed by atoms with Gasteiger partial charge in [0.2, 0.25) is 5.91 Å². The second-order valence-corrected chi connectivity index (χ2v) is 6.68. The number of rotatable bonds is 5. The fourth-order valence-corrected chi connectivity index (χ4v) is 1.96. The Morgan fingerprint density at radius 1 is 1.20 bits per heavy atom. The first-order valence-electron chi connectivity index (χ1n) is 7.19. The Morgan fingerprint density at radius 3 is 2.15 bits per heavy atom. The summed E-state index contributed by atoms with van der Waals surface area (Å²) in [7, 11) is 1.65. The standard InChI is InChI=1S/C17H27NO2/c1-12(2)11-15(18-16(19)17(3,4)5)13-7-9-14(20-6)10-8-13/h7-10,12,15H,11H2,1-6H3,(H,18,19)/t15-/m0/s1. The largest absolute Gasteiger partial charge is 0.497 e. The Balaban J connectivity index is 2.90. The molecular weight excluding hydrogens is 250 g/mol. The first kappa shape index (κ1) is 16.5. The van der Waals surface area contributed by atoms with E-state index in [9.17, 15) is 4.79 Å². The Morgan fingerprint density at radius 2 is 1.75 bits per heavy atom. The minimum Gasteiger partial charge on any atom is -0.497 e. The van der Waals surface area contributed by atoms with E-state index in [0.717, 1.165) is 17.7 Å². The van der Waals surface area contributed by atoms with Crippen molar-refractivity contribution in [3.8, 4) is 5.75 Å². The first-order chi connectivity index (χ1) is 9.24. The van der Waals surface area contributed by atoms with Crippen LogP contribution in [0.3, 0.4) is 0 Å². The van der Waals surface area contributed by atoms with Gasteiger partial charge in [-0.15, -0.1) is 0 Å². The van der Waals surface area contributed by atoms with Gasteiger partial charge < -0.3 is 10.1 Å². The van der Waals surface area contributed by atoms with Crippen LogP contribution in [0.4, 0.5) is 0 Å². The molecular formula is C17H27NO2. The van der Waals surface area contributed by atoms with Gasteiger partial charge in [-0.2, -0.15) is 0 Å². The fraction of sp³-hybridized carbons (Fsp3) is 0.588. The van der Waals surface area contributed by atoms with E-state index < -0.39 is 0 Å². The van der Waals surface area contributed by atoms with Crippen molar-refractivity contribution >= 4 is 5.91 Å². The summed E-state index contributed by atoms with van der Waals surface area (Å²) < 4.78 is 5.18. The van der Waals surface area contributed by atoms with Crippen LogP contribution in [0, 0.1) is 11.3 Å². The Bertz CT molecular complexity index is 429. The summed E-state index contributed by atoms with van der Waals surface area (Å²) in [5.74, 6) is 1.43. The van der Waals surface area contributed by atoms with Crippen LogP contribution in [0.25, 0.3) is 0 Å². The highest BCUT2D eigenvalue weighted by molar-refractivity contribution is 5.81. The molecule has 0 aromatic heterocycles. The van der Waals surface area contributed by atoms with Crippen molar-refractivity contribution in [1.82, 2.24) is 5.32 Å². The number of carbonyl (C=O) groups is 1. The van der Waals surface area contributed by atoms with E-state index in [2.05, 4.69) is 19.2 Å². The van der Waals surface area contributed by atoms with E-state index in [1.54, 1.807) is 7.11 Å². The minimum absolute atomic E-state index is 0.0487. The van der Waals surface area contributed by atoms with Crippen molar-refractivity contribution in [2.45, 2.75) is 47.1 Å². The molecule has 0 bridgehead atoms. The van der Waals surface area contributed by atoms with Gasteiger partial charge in [0.25, 0.3) is 0 Å². The summed E-state index contributed by atoms with van der Waals surface area (Å²) >= 11 is 0. The first-order valence-corrected chi connectivity index (χ1v) is 7.19. The van der Waals surface area contributed by atoms with Gasteiger partial charge in [0.05, 0.1) is 13.2 Å². The molecule has 20 heavy (non-hydrogen) atoms. The van der Waals surface area contributed by atoms with Crippen LogP contribution in [0.2, 0.25) is 0 Å². The third-order valence-electron chi connectivity index (χ3n) is 3.21. The lowest BCUT2D eigenvalue weighted by Gasteiger charge is -2.26. The maximum absolute atomic E-state index is 12.2. The molecule has 112 valence electrons. The van der Waals surface area contributed by atoms with E-state index in [-0.39, 0.29) is 17.4 Å². The van der Waals surface area contributed by atoms with Gasteiger partial charge in [-0.05, 0) is 30.0 Å². The summed E-state index contributed by atoms with van der Waals surface area (Å²) in [6, 6.07) is 7.97. The molecule has 0 saturated carbocycles. The normalized spacial score (nSPS) is 13.2. The molecule has 1 amide bonds. The molecule has 0 heterocycles. The third kappa shape index (κ3) is 4.87. The average molecular weight is 277 g/mol. The lowest BCUT2D eigenvalue weighted by atomic mass is 9.92. The number of amides is 1. The van der Waals surface area contributed by atoms with Crippen molar-refractivity contribution in [3.05, 3.63) is 29.8 Å². The molecule has 1 aromatic rings. The van der Waals surface area contributed by atoms with Crippen molar-refractivity contribution in [1.29, 1.82) is 0 Å². The smallest absolute Gasteiger partial charge is 0.225 e. The lowest BCUT2D eigenvalue weighted by Crippen LogP contribution is -2.37. The van der Waals surface area contributed by atoms with Gasteiger partial charge in [0.1, 0.15) is 5.75 Å². The molecule has 0 aliphatic heterocycles. The molecule has 1 N–H and O–H groups in total. The van der Waals surface area contributed by atoms with Gasteiger partial charge in [-0.1, -0.05) is 46.8 Å². The highest BCUT2D eigenvalue weighted by Gasteiger charge is 2.25. The molecule has 0 unspecified atom stereocenters. The zero-order valence-electron chi connectivity index (χ0n) is 13.5. The third-order valence-corrected chi connectivity index (χ3v) is 3.21. The summed E-state index contributed by atoms with van der Waals surface area (Å²) in [4.78, 5) is 12.2. The van der Waals surface area contributed by atoms with Gasteiger partial charge in [0, 0.05) is 5.41 Å². The molecule has 0 saturated heterocycles. The zero-order chi connectivity index (χ0) is 15.3. The number of benzene rings is 1. The number of carbonyl (C=O) groups excluding carboxylic acids is 1. The number of nitrogens with one attached hydrogen (secondary N) is 1. The van der Waals surface area contributed by atoms with Crippen LogP contribution in [0.1, 0.15) is 52.6 Å². The SMILES string of the molecule is COc1ccc([C@H](CC(C)C)NC(=O)C(C)(C)C)cc1. The molecule has 0 fully saturated rings. The quantitative estimate of drug-likeness (QED) is 0.885. The van der Waals surface area contributed by atoms with Crippen molar-refractivity contribution in [2.24, 2.45) is 11.3 Å². The van der Waals surface area contributed by atoms with Crippen molar-refractivity contribution < 1.29 is 9.53 Å². The van der Waals surface area contributed by atoms with E-state index >= 15 is 0 Å². The molecule has 0 aliphatic rings. The Hall–Kier alpha value is -1.51. The summed E-state index contributed by atoms with van der Waals surface area (Å²) in [6.07, 6.45) is 0.925. The van der Waals surface area contributed by atoms with Gasteiger partial charge in [-0.3, -0.25) is 4.79 Å². The average Bonchev–Trinajstić information content (AvgIpc) is 2.36.